The lowest BCUT2D eigenvalue weighted by Gasteiger charge is -2.37. The Morgan fingerprint density at radius 3 is 2.44 bits per heavy atom. The first kappa shape index (κ1) is 19.9. The topological polar surface area (TPSA) is 114 Å². The number of hydrogen-bond donors (Lipinski definition) is 0. The summed E-state index contributed by atoms with van der Waals surface area (Å²) in [6.07, 6.45) is 2.29. The second-order valence-electron chi connectivity index (χ2n) is 7.74. The van der Waals surface area contributed by atoms with Gasteiger partial charge in [0.05, 0.1) is 23.9 Å². The van der Waals surface area contributed by atoms with E-state index in [9.17, 15) is 10.1 Å². The fraction of sp³-hybridized carbons (Fsp3) is 0.304. The highest BCUT2D eigenvalue weighted by atomic mass is 16.4. The summed E-state index contributed by atoms with van der Waals surface area (Å²) in [5, 5.41) is 18.5. The van der Waals surface area contributed by atoms with E-state index < -0.39 is 0 Å². The van der Waals surface area contributed by atoms with Gasteiger partial charge in [-0.05, 0) is 42.8 Å². The quantitative estimate of drug-likeness (QED) is 0.623. The van der Waals surface area contributed by atoms with Crippen molar-refractivity contribution in [1.29, 1.82) is 10.5 Å². The number of anilines is 2. The first-order chi connectivity index (χ1) is 15.7. The number of nitrogens with zero attached hydrogens (tertiary/aromatic N) is 6. The molecule has 0 aliphatic carbocycles. The van der Waals surface area contributed by atoms with Crippen LogP contribution in [0.2, 0.25) is 0 Å². The third-order valence-electron chi connectivity index (χ3n) is 5.97. The second-order valence-corrected chi connectivity index (χ2v) is 7.74. The highest BCUT2D eigenvalue weighted by Crippen LogP contribution is 2.30. The molecule has 32 heavy (non-hydrogen) atoms. The molecule has 0 spiro atoms. The molecule has 0 bridgehead atoms. The van der Waals surface area contributed by atoms with Crippen LogP contribution in [0.25, 0.3) is 11.7 Å². The second kappa shape index (κ2) is 8.22. The number of piperazine rings is 1. The van der Waals surface area contributed by atoms with Crippen molar-refractivity contribution in [2.75, 3.05) is 42.5 Å². The summed E-state index contributed by atoms with van der Waals surface area (Å²) >= 11 is 0. The van der Waals surface area contributed by atoms with Gasteiger partial charge in [0.15, 0.2) is 5.76 Å². The summed E-state index contributed by atoms with van der Waals surface area (Å²) in [6.45, 7) is 3.27. The zero-order valence-electron chi connectivity index (χ0n) is 17.3. The lowest BCUT2D eigenvalue weighted by atomic mass is 10.1. The van der Waals surface area contributed by atoms with Crippen molar-refractivity contribution in [3.05, 3.63) is 53.9 Å². The SMILES string of the molecule is N#Cc1ccc(N2CCC(N3CCN(c4oc(-c5ccco5)nc4C#N)CC3)C2=O)cc1. The molecule has 0 saturated carbocycles. The lowest BCUT2D eigenvalue weighted by Crippen LogP contribution is -2.52. The molecule has 1 unspecified atom stereocenters. The van der Waals surface area contributed by atoms with Gasteiger partial charge in [-0.3, -0.25) is 9.69 Å². The zero-order chi connectivity index (χ0) is 22.1. The zero-order valence-corrected chi connectivity index (χ0v) is 17.3. The van der Waals surface area contributed by atoms with Crippen molar-refractivity contribution in [1.82, 2.24) is 9.88 Å². The molecule has 2 aliphatic rings. The molecule has 4 heterocycles. The maximum absolute atomic E-state index is 13.1. The average Bonchev–Trinajstić information content (AvgIpc) is 3.59. The number of hydrogen-bond acceptors (Lipinski definition) is 8. The Morgan fingerprint density at radius 1 is 1.00 bits per heavy atom. The van der Waals surface area contributed by atoms with E-state index in [2.05, 4.69) is 22.0 Å². The third kappa shape index (κ3) is 3.49. The molecule has 1 amide bonds. The summed E-state index contributed by atoms with van der Waals surface area (Å²) in [5.74, 6) is 1.29. The molecule has 2 saturated heterocycles. The van der Waals surface area contributed by atoms with Crippen LogP contribution >= 0.6 is 0 Å². The van der Waals surface area contributed by atoms with E-state index in [0.29, 0.717) is 49.9 Å². The van der Waals surface area contributed by atoms with Crippen molar-refractivity contribution in [2.45, 2.75) is 12.5 Å². The van der Waals surface area contributed by atoms with Crippen molar-refractivity contribution < 1.29 is 13.6 Å². The van der Waals surface area contributed by atoms with Gasteiger partial charge in [0.25, 0.3) is 5.89 Å². The molecule has 2 aromatic heterocycles. The molecular weight excluding hydrogens is 408 g/mol. The van der Waals surface area contributed by atoms with E-state index >= 15 is 0 Å². The number of furan rings is 1. The maximum Gasteiger partial charge on any atom is 0.266 e. The van der Waals surface area contributed by atoms with E-state index in [4.69, 9.17) is 14.1 Å². The largest absolute Gasteiger partial charge is 0.459 e. The van der Waals surface area contributed by atoms with Crippen molar-refractivity contribution in [3.8, 4) is 23.8 Å². The summed E-state index contributed by atoms with van der Waals surface area (Å²) in [4.78, 5) is 23.3. The van der Waals surface area contributed by atoms with Gasteiger partial charge in [0.1, 0.15) is 6.07 Å². The van der Waals surface area contributed by atoms with Gasteiger partial charge in [0, 0.05) is 38.4 Å². The van der Waals surface area contributed by atoms with Crippen LogP contribution in [0.5, 0.6) is 0 Å². The molecule has 9 nitrogen and oxygen atoms in total. The number of carbonyl (C=O) groups is 1. The average molecular weight is 428 g/mol. The molecule has 2 aliphatic heterocycles. The van der Waals surface area contributed by atoms with Gasteiger partial charge in [-0.15, -0.1) is 0 Å². The van der Waals surface area contributed by atoms with Gasteiger partial charge in [-0.2, -0.15) is 15.5 Å². The molecule has 9 heteroatoms. The standard InChI is InChI=1S/C23H20N6O3/c24-14-16-3-5-17(6-4-16)29-8-7-19(22(29)30)27-9-11-28(12-10-27)23-18(15-25)26-21(32-23)20-2-1-13-31-20/h1-6,13,19H,7-12H2. The van der Waals surface area contributed by atoms with Gasteiger partial charge in [0.2, 0.25) is 17.5 Å². The Morgan fingerprint density at radius 2 is 1.78 bits per heavy atom. The minimum absolute atomic E-state index is 0.0839. The minimum Gasteiger partial charge on any atom is -0.459 e. The Bertz CT molecular complexity index is 1190. The Hall–Kier alpha value is -4.08. The predicted octanol–water partition coefficient (Wildman–Crippen LogP) is 2.61. The van der Waals surface area contributed by atoms with Crippen molar-refractivity contribution in [3.63, 3.8) is 0 Å². The van der Waals surface area contributed by atoms with Gasteiger partial charge >= 0.3 is 0 Å². The highest BCUT2D eigenvalue weighted by molar-refractivity contribution is 5.99. The minimum atomic E-state index is -0.170. The van der Waals surface area contributed by atoms with Crippen LogP contribution in [-0.2, 0) is 4.79 Å². The predicted molar refractivity (Wildman–Crippen MR) is 115 cm³/mol. The first-order valence-electron chi connectivity index (χ1n) is 10.4. The number of carbonyl (C=O) groups excluding carboxylic acids is 1. The number of rotatable bonds is 4. The Kier molecular flexibility index (Phi) is 5.10. The fourth-order valence-corrected chi connectivity index (χ4v) is 4.32. The number of amides is 1. The van der Waals surface area contributed by atoms with Gasteiger partial charge < -0.3 is 18.6 Å². The Labute approximate surface area is 184 Å². The van der Waals surface area contributed by atoms with Crippen LogP contribution in [-0.4, -0.2) is 54.6 Å². The van der Waals surface area contributed by atoms with Crippen LogP contribution in [0, 0.1) is 22.7 Å². The molecular formula is C23H20N6O3. The van der Waals surface area contributed by atoms with E-state index in [0.717, 1.165) is 12.1 Å². The fourth-order valence-electron chi connectivity index (χ4n) is 4.32. The van der Waals surface area contributed by atoms with Crippen LogP contribution in [0.3, 0.4) is 0 Å². The number of nitriles is 2. The van der Waals surface area contributed by atoms with Crippen LogP contribution in [0.1, 0.15) is 17.7 Å². The number of aromatic nitrogens is 1. The van der Waals surface area contributed by atoms with Crippen LogP contribution < -0.4 is 9.80 Å². The summed E-state index contributed by atoms with van der Waals surface area (Å²) in [6, 6.07) is 14.6. The Balaban J connectivity index is 1.25. The maximum atomic E-state index is 13.1. The summed E-state index contributed by atoms with van der Waals surface area (Å²) in [7, 11) is 0. The van der Waals surface area contributed by atoms with Gasteiger partial charge in [-0.25, -0.2) is 0 Å². The third-order valence-corrected chi connectivity index (χ3v) is 5.97. The van der Waals surface area contributed by atoms with Crippen molar-refractivity contribution >= 4 is 17.5 Å². The van der Waals surface area contributed by atoms with Crippen molar-refractivity contribution in [2.24, 2.45) is 0 Å². The molecule has 3 aromatic rings. The van der Waals surface area contributed by atoms with E-state index in [1.165, 1.54) is 6.26 Å². The molecule has 160 valence electrons. The number of benzene rings is 1. The summed E-state index contributed by atoms with van der Waals surface area (Å²) in [5.41, 5.74) is 1.63. The molecule has 0 radical (unpaired) electrons. The smallest absolute Gasteiger partial charge is 0.266 e. The van der Waals surface area contributed by atoms with E-state index in [1.807, 2.05) is 17.0 Å². The highest BCUT2D eigenvalue weighted by Gasteiger charge is 2.38. The normalized spacial score (nSPS) is 19.2. The van der Waals surface area contributed by atoms with E-state index in [-0.39, 0.29) is 23.5 Å². The van der Waals surface area contributed by atoms with Crippen LogP contribution in [0.15, 0.2) is 51.5 Å². The van der Waals surface area contributed by atoms with Crippen LogP contribution in [0.4, 0.5) is 11.6 Å². The molecule has 0 N–H and O–H groups in total. The molecule has 1 atom stereocenters. The molecule has 5 rings (SSSR count). The first-order valence-corrected chi connectivity index (χ1v) is 10.4. The lowest BCUT2D eigenvalue weighted by molar-refractivity contribution is -0.121. The molecule has 1 aromatic carbocycles. The summed E-state index contributed by atoms with van der Waals surface area (Å²) < 4.78 is 11.2. The van der Waals surface area contributed by atoms with E-state index in [1.54, 1.807) is 29.2 Å². The van der Waals surface area contributed by atoms with Gasteiger partial charge in [-0.1, -0.05) is 0 Å². The molecule has 2 fully saturated rings. The monoisotopic (exact) mass is 428 g/mol. The number of oxazole rings is 1.